The van der Waals surface area contributed by atoms with E-state index in [1.807, 2.05) is 105 Å². The van der Waals surface area contributed by atoms with E-state index in [2.05, 4.69) is 0 Å². The largest absolute Gasteiger partial charge is 0.387 e. The second-order valence-corrected chi connectivity index (χ2v) is 9.75. The van der Waals surface area contributed by atoms with E-state index in [-0.39, 0.29) is 19.0 Å². The lowest BCUT2D eigenvalue weighted by Crippen LogP contribution is -2.64. The number of aliphatic hydroxyl groups is 1. The van der Waals surface area contributed by atoms with Crippen LogP contribution in [0.15, 0.2) is 91.0 Å². The number of ether oxygens (including phenoxy) is 4. The summed E-state index contributed by atoms with van der Waals surface area (Å²) >= 11 is 0. The van der Waals surface area contributed by atoms with Crippen LogP contribution in [0.5, 0.6) is 0 Å². The van der Waals surface area contributed by atoms with Gasteiger partial charge in [0.2, 0.25) is 0 Å². The lowest BCUT2D eigenvalue weighted by molar-refractivity contribution is -0.239. The maximum absolute atomic E-state index is 13.8. The van der Waals surface area contributed by atoms with Crippen LogP contribution in [0, 0.1) is 0 Å². The van der Waals surface area contributed by atoms with Gasteiger partial charge in [-0.05, 0) is 29.5 Å². The van der Waals surface area contributed by atoms with Crippen LogP contribution in [-0.2, 0) is 43.6 Å². The Labute approximate surface area is 225 Å². The molecule has 0 aromatic heterocycles. The Morgan fingerprint density at radius 3 is 1.71 bits per heavy atom. The molecule has 0 aliphatic carbocycles. The number of benzene rings is 3. The molecule has 1 N–H and O–H groups in total. The first-order chi connectivity index (χ1) is 18.5. The molecule has 6 nitrogen and oxygen atoms in total. The number of ketones is 1. The highest BCUT2D eigenvalue weighted by Crippen LogP contribution is 2.33. The summed E-state index contributed by atoms with van der Waals surface area (Å²) in [6.07, 6.45) is -2.55. The lowest BCUT2D eigenvalue weighted by atomic mass is 9.82. The third kappa shape index (κ3) is 7.16. The minimum Gasteiger partial charge on any atom is -0.387 e. The SMILES string of the molecule is CCC(O)(CC)[C@H]1O[C@H](COCc2ccccc2)[C@@H](OCc2ccccc2)[C@H](OCc2ccccc2)C1=O. The molecule has 1 aliphatic heterocycles. The first-order valence-electron chi connectivity index (χ1n) is 13.4. The number of hydrogen-bond donors (Lipinski definition) is 1. The molecule has 4 rings (SSSR count). The molecule has 0 saturated carbocycles. The molecule has 0 unspecified atom stereocenters. The number of Topliss-reactive ketones (excluding diaryl/α,β-unsaturated/α-hetero) is 1. The minimum absolute atomic E-state index is 0.187. The minimum atomic E-state index is -1.31. The summed E-state index contributed by atoms with van der Waals surface area (Å²) in [5.41, 5.74) is 1.65. The topological polar surface area (TPSA) is 74.2 Å². The van der Waals surface area contributed by atoms with Gasteiger partial charge < -0.3 is 24.1 Å². The highest BCUT2D eigenvalue weighted by Gasteiger charge is 2.53. The Morgan fingerprint density at radius 1 is 0.737 bits per heavy atom. The first-order valence-corrected chi connectivity index (χ1v) is 13.4. The Kier molecular flexibility index (Phi) is 10.2. The maximum atomic E-state index is 13.8. The Morgan fingerprint density at radius 2 is 1.21 bits per heavy atom. The summed E-state index contributed by atoms with van der Waals surface area (Å²) in [6.45, 7) is 4.83. The molecule has 202 valence electrons. The molecule has 0 amide bonds. The second-order valence-electron chi connectivity index (χ2n) is 9.75. The Hall–Kier alpha value is -2.87. The van der Waals surface area contributed by atoms with E-state index in [4.69, 9.17) is 18.9 Å². The van der Waals surface area contributed by atoms with Gasteiger partial charge in [0, 0.05) is 0 Å². The van der Waals surface area contributed by atoms with Crippen LogP contribution in [0.4, 0.5) is 0 Å². The molecular formula is C32H38O6. The predicted octanol–water partition coefficient (Wildman–Crippen LogP) is 5.26. The zero-order valence-electron chi connectivity index (χ0n) is 22.2. The zero-order valence-corrected chi connectivity index (χ0v) is 22.2. The van der Waals surface area contributed by atoms with E-state index in [0.717, 1.165) is 16.7 Å². The quantitative estimate of drug-likeness (QED) is 0.333. The molecular weight excluding hydrogens is 480 g/mol. The number of carbonyl (C=O) groups is 1. The van der Waals surface area contributed by atoms with E-state index < -0.39 is 30.0 Å². The van der Waals surface area contributed by atoms with E-state index in [1.54, 1.807) is 0 Å². The van der Waals surface area contributed by atoms with Crippen molar-refractivity contribution in [2.24, 2.45) is 0 Å². The van der Waals surface area contributed by atoms with Crippen LogP contribution >= 0.6 is 0 Å². The first kappa shape index (κ1) is 28.1. The number of hydrogen-bond acceptors (Lipinski definition) is 6. The van der Waals surface area contributed by atoms with Crippen LogP contribution in [0.1, 0.15) is 43.4 Å². The lowest BCUT2D eigenvalue weighted by Gasteiger charge is -2.45. The van der Waals surface area contributed by atoms with Gasteiger partial charge >= 0.3 is 0 Å². The molecule has 0 radical (unpaired) electrons. The van der Waals surface area contributed by atoms with Gasteiger partial charge in [-0.25, -0.2) is 0 Å². The van der Waals surface area contributed by atoms with E-state index >= 15 is 0 Å². The zero-order chi connectivity index (χ0) is 26.8. The molecule has 1 aliphatic rings. The average Bonchev–Trinajstić information content (AvgIpc) is 2.97. The third-order valence-electron chi connectivity index (χ3n) is 7.18. The van der Waals surface area contributed by atoms with Crippen LogP contribution < -0.4 is 0 Å². The highest BCUT2D eigenvalue weighted by atomic mass is 16.6. The van der Waals surface area contributed by atoms with Crippen LogP contribution in [0.25, 0.3) is 0 Å². The molecule has 1 heterocycles. The number of rotatable bonds is 13. The Bertz CT molecular complexity index is 1100. The molecule has 1 saturated heterocycles. The third-order valence-corrected chi connectivity index (χ3v) is 7.18. The van der Waals surface area contributed by atoms with Gasteiger partial charge in [-0.3, -0.25) is 4.79 Å². The molecule has 0 bridgehead atoms. The van der Waals surface area contributed by atoms with E-state index in [0.29, 0.717) is 26.1 Å². The second kappa shape index (κ2) is 13.8. The molecule has 6 heteroatoms. The average molecular weight is 519 g/mol. The molecule has 3 aromatic carbocycles. The molecule has 3 aromatic rings. The summed E-state index contributed by atoms with van der Waals surface area (Å²) in [4.78, 5) is 13.8. The van der Waals surface area contributed by atoms with Gasteiger partial charge in [0.05, 0.1) is 32.0 Å². The molecule has 38 heavy (non-hydrogen) atoms. The van der Waals surface area contributed by atoms with E-state index in [9.17, 15) is 9.90 Å². The monoisotopic (exact) mass is 518 g/mol. The van der Waals surface area contributed by atoms with Crippen molar-refractivity contribution in [3.05, 3.63) is 108 Å². The van der Waals surface area contributed by atoms with Crippen molar-refractivity contribution in [1.29, 1.82) is 0 Å². The van der Waals surface area contributed by atoms with Gasteiger partial charge in [0.25, 0.3) is 0 Å². The predicted molar refractivity (Wildman–Crippen MR) is 145 cm³/mol. The van der Waals surface area contributed by atoms with Gasteiger partial charge in [0.15, 0.2) is 5.78 Å². The normalized spacial score (nSPS) is 21.9. The van der Waals surface area contributed by atoms with Crippen LogP contribution in [0.2, 0.25) is 0 Å². The van der Waals surface area contributed by atoms with Crippen LogP contribution in [0.3, 0.4) is 0 Å². The smallest absolute Gasteiger partial charge is 0.195 e. The standard InChI is InChI=1S/C32H38O6/c1-3-32(34,4-2)31-28(33)30(37-22-26-18-12-7-13-19-26)29(36-21-25-16-10-6-11-17-25)27(38-31)23-35-20-24-14-8-5-9-15-24/h5-19,27,29-31,34H,3-4,20-23H2,1-2H3/t27-,29-,30-,31+/m1/s1. The molecule has 1 fully saturated rings. The van der Waals surface area contributed by atoms with Gasteiger partial charge in [-0.2, -0.15) is 0 Å². The summed E-state index contributed by atoms with van der Waals surface area (Å²) in [7, 11) is 0. The number of carbonyl (C=O) groups excluding carboxylic acids is 1. The summed E-state index contributed by atoms with van der Waals surface area (Å²) < 4.78 is 25.0. The molecule has 4 atom stereocenters. The van der Waals surface area contributed by atoms with Crippen molar-refractivity contribution in [2.45, 2.75) is 76.5 Å². The summed E-state index contributed by atoms with van der Waals surface area (Å²) in [5.74, 6) is -0.301. The van der Waals surface area contributed by atoms with Crippen molar-refractivity contribution >= 4 is 5.78 Å². The van der Waals surface area contributed by atoms with Crippen molar-refractivity contribution in [3.8, 4) is 0 Å². The molecule has 0 spiro atoms. The highest BCUT2D eigenvalue weighted by molar-refractivity contribution is 5.90. The fourth-order valence-electron chi connectivity index (χ4n) is 4.74. The van der Waals surface area contributed by atoms with E-state index in [1.165, 1.54) is 0 Å². The van der Waals surface area contributed by atoms with Crippen LogP contribution in [-0.4, -0.2) is 47.5 Å². The van der Waals surface area contributed by atoms with Gasteiger partial charge in [0.1, 0.15) is 24.4 Å². The van der Waals surface area contributed by atoms with Crippen molar-refractivity contribution < 1.29 is 28.8 Å². The Balaban J connectivity index is 1.59. The van der Waals surface area contributed by atoms with Crippen molar-refractivity contribution in [3.63, 3.8) is 0 Å². The fraction of sp³-hybridized carbons (Fsp3) is 0.406. The summed E-state index contributed by atoms with van der Waals surface area (Å²) in [6, 6.07) is 29.4. The maximum Gasteiger partial charge on any atom is 0.195 e. The fourth-order valence-corrected chi connectivity index (χ4v) is 4.74. The van der Waals surface area contributed by atoms with Crippen molar-refractivity contribution in [1.82, 2.24) is 0 Å². The van der Waals surface area contributed by atoms with Gasteiger partial charge in [-0.1, -0.05) is 105 Å². The van der Waals surface area contributed by atoms with Gasteiger partial charge in [-0.15, -0.1) is 0 Å². The summed E-state index contributed by atoms with van der Waals surface area (Å²) in [5, 5.41) is 11.4. The van der Waals surface area contributed by atoms with Crippen molar-refractivity contribution in [2.75, 3.05) is 6.61 Å².